The molecule has 1 aromatic carbocycles. The van der Waals surface area contributed by atoms with Gasteiger partial charge in [-0.1, -0.05) is 12.1 Å². The minimum absolute atomic E-state index is 0.102. The summed E-state index contributed by atoms with van der Waals surface area (Å²) in [6.07, 6.45) is 4.51. The monoisotopic (exact) mass is 352 g/mol. The molecule has 1 fully saturated rings. The van der Waals surface area contributed by atoms with E-state index in [1.807, 2.05) is 0 Å². The Morgan fingerprint density at radius 3 is 2.85 bits per heavy atom. The molecule has 0 spiro atoms. The van der Waals surface area contributed by atoms with Gasteiger partial charge in [-0.15, -0.1) is 0 Å². The number of aromatic nitrogens is 2. The number of halogens is 1. The van der Waals surface area contributed by atoms with Crippen molar-refractivity contribution in [2.45, 2.75) is 6.04 Å². The lowest BCUT2D eigenvalue weighted by atomic mass is 10.0. The quantitative estimate of drug-likeness (QED) is 0.738. The van der Waals surface area contributed by atoms with Crippen molar-refractivity contribution in [3.8, 4) is 0 Å². The Kier molecular flexibility index (Phi) is 4.22. The Morgan fingerprint density at radius 1 is 1.23 bits per heavy atom. The number of hydrogen-bond donors (Lipinski definition) is 2. The summed E-state index contributed by atoms with van der Waals surface area (Å²) >= 11 is 0. The van der Waals surface area contributed by atoms with Crippen molar-refractivity contribution >= 4 is 16.8 Å². The van der Waals surface area contributed by atoms with E-state index in [9.17, 15) is 14.0 Å². The van der Waals surface area contributed by atoms with Crippen molar-refractivity contribution in [3.05, 3.63) is 76.1 Å². The van der Waals surface area contributed by atoms with Crippen molar-refractivity contribution in [1.82, 2.24) is 20.2 Å². The van der Waals surface area contributed by atoms with Crippen LogP contribution in [0.2, 0.25) is 0 Å². The second-order valence-corrected chi connectivity index (χ2v) is 6.26. The van der Waals surface area contributed by atoms with Crippen molar-refractivity contribution < 1.29 is 9.18 Å². The number of carbonyl (C=O) groups is 1. The van der Waals surface area contributed by atoms with Crippen LogP contribution < -0.4 is 10.7 Å². The Morgan fingerprint density at radius 2 is 2.04 bits per heavy atom. The molecule has 26 heavy (non-hydrogen) atoms. The highest BCUT2D eigenvalue weighted by molar-refractivity contribution is 5.97. The molecule has 0 radical (unpaired) electrons. The number of amides is 1. The molecule has 1 aliphatic rings. The van der Waals surface area contributed by atoms with Gasteiger partial charge in [0.2, 0.25) is 5.43 Å². The minimum atomic E-state index is -0.325. The smallest absolute Gasteiger partial charge is 0.259 e. The Balaban J connectivity index is 1.61. The second-order valence-electron chi connectivity index (χ2n) is 6.26. The van der Waals surface area contributed by atoms with Gasteiger partial charge in [0.15, 0.2) is 0 Å². The molecule has 0 aliphatic carbocycles. The highest BCUT2D eigenvalue weighted by Gasteiger charge is 2.26. The predicted molar refractivity (Wildman–Crippen MR) is 95.4 cm³/mol. The van der Waals surface area contributed by atoms with Crippen LogP contribution in [0, 0.1) is 5.82 Å². The fourth-order valence-corrected chi connectivity index (χ4v) is 3.24. The van der Waals surface area contributed by atoms with Gasteiger partial charge in [0.05, 0.1) is 10.9 Å². The number of nitrogens with one attached hydrogen (secondary N) is 2. The van der Waals surface area contributed by atoms with Crippen molar-refractivity contribution in [1.29, 1.82) is 0 Å². The van der Waals surface area contributed by atoms with Gasteiger partial charge in [0, 0.05) is 44.3 Å². The number of fused-ring (bicyclic) bond motifs is 1. The number of aromatic amines is 1. The number of piperazine rings is 1. The van der Waals surface area contributed by atoms with Gasteiger partial charge in [0.25, 0.3) is 5.91 Å². The zero-order valence-corrected chi connectivity index (χ0v) is 13.9. The molecule has 3 heterocycles. The first-order valence-corrected chi connectivity index (χ1v) is 8.37. The van der Waals surface area contributed by atoms with Gasteiger partial charge in [-0.3, -0.25) is 14.6 Å². The fourth-order valence-electron chi connectivity index (χ4n) is 3.24. The number of H-pyrrole nitrogens is 1. The molecule has 7 heteroatoms. The summed E-state index contributed by atoms with van der Waals surface area (Å²) in [5.41, 5.74) is 1.32. The maximum atomic E-state index is 13.1. The Bertz CT molecular complexity index is 1020. The molecule has 2 N–H and O–H groups in total. The Labute approximate surface area is 148 Å². The van der Waals surface area contributed by atoms with E-state index in [1.165, 1.54) is 24.5 Å². The van der Waals surface area contributed by atoms with E-state index >= 15 is 0 Å². The van der Waals surface area contributed by atoms with Gasteiger partial charge in [-0.25, -0.2) is 4.39 Å². The van der Waals surface area contributed by atoms with E-state index < -0.39 is 0 Å². The van der Waals surface area contributed by atoms with Crippen LogP contribution in [-0.2, 0) is 0 Å². The lowest BCUT2D eigenvalue weighted by molar-refractivity contribution is 0.0701. The fraction of sp³-hybridized carbons (Fsp3) is 0.211. The third-order valence-corrected chi connectivity index (χ3v) is 4.65. The third-order valence-electron chi connectivity index (χ3n) is 4.65. The second kappa shape index (κ2) is 6.68. The maximum absolute atomic E-state index is 13.1. The molecule has 0 saturated carbocycles. The average molecular weight is 352 g/mol. The largest absolute Gasteiger partial charge is 0.360 e. The van der Waals surface area contributed by atoms with Crippen LogP contribution >= 0.6 is 0 Å². The molecule has 1 atom stereocenters. The summed E-state index contributed by atoms with van der Waals surface area (Å²) in [5.74, 6) is -0.612. The first-order chi connectivity index (χ1) is 12.6. The Hall–Kier alpha value is -3.06. The minimum Gasteiger partial charge on any atom is -0.360 e. The van der Waals surface area contributed by atoms with Crippen LogP contribution in [0.4, 0.5) is 4.39 Å². The molecule has 4 rings (SSSR count). The molecular formula is C19H17FN4O2. The molecular weight excluding hydrogens is 335 g/mol. The van der Waals surface area contributed by atoms with Gasteiger partial charge in [0.1, 0.15) is 11.4 Å². The van der Waals surface area contributed by atoms with Crippen LogP contribution in [0.3, 0.4) is 0 Å². The van der Waals surface area contributed by atoms with Crippen LogP contribution in [0.25, 0.3) is 10.9 Å². The first-order valence-electron chi connectivity index (χ1n) is 8.37. The van der Waals surface area contributed by atoms with E-state index in [0.717, 1.165) is 5.56 Å². The van der Waals surface area contributed by atoms with Gasteiger partial charge in [-0.2, -0.15) is 0 Å². The number of hydrogen-bond acceptors (Lipinski definition) is 4. The van der Waals surface area contributed by atoms with Crippen LogP contribution in [0.15, 0.2) is 53.7 Å². The number of nitrogens with zero attached hydrogens (tertiary/aromatic N) is 2. The number of carbonyl (C=O) groups excluding carboxylic acids is 1. The molecule has 3 aromatic rings. The van der Waals surface area contributed by atoms with E-state index in [1.54, 1.807) is 29.3 Å². The number of pyridine rings is 2. The summed E-state index contributed by atoms with van der Waals surface area (Å²) in [4.78, 5) is 34.1. The normalized spacial score (nSPS) is 17.4. The summed E-state index contributed by atoms with van der Waals surface area (Å²) in [7, 11) is 0. The van der Waals surface area contributed by atoms with E-state index in [-0.39, 0.29) is 28.8 Å². The molecule has 6 nitrogen and oxygen atoms in total. The predicted octanol–water partition coefficient (Wildman–Crippen LogP) is 1.85. The van der Waals surface area contributed by atoms with Crippen LogP contribution in [0.1, 0.15) is 22.0 Å². The average Bonchev–Trinajstić information content (AvgIpc) is 2.69. The summed E-state index contributed by atoms with van der Waals surface area (Å²) in [5, 5.41) is 3.72. The summed E-state index contributed by atoms with van der Waals surface area (Å²) in [6.45, 7) is 1.51. The zero-order chi connectivity index (χ0) is 18.1. The zero-order valence-electron chi connectivity index (χ0n) is 13.9. The third kappa shape index (κ3) is 2.97. The topological polar surface area (TPSA) is 78.1 Å². The molecule has 0 bridgehead atoms. The number of benzene rings is 1. The van der Waals surface area contributed by atoms with Gasteiger partial charge >= 0.3 is 0 Å². The molecule has 1 amide bonds. The SMILES string of the molecule is O=C(c1c[nH]c2ccncc2c1=O)N1CCNC(c2ccc(F)cc2)C1. The van der Waals surface area contributed by atoms with Gasteiger partial charge < -0.3 is 15.2 Å². The van der Waals surface area contributed by atoms with Crippen LogP contribution in [-0.4, -0.2) is 40.4 Å². The first kappa shape index (κ1) is 16.4. The van der Waals surface area contributed by atoms with E-state index in [2.05, 4.69) is 15.3 Å². The van der Waals surface area contributed by atoms with E-state index in [4.69, 9.17) is 0 Å². The lowest BCUT2D eigenvalue weighted by Crippen LogP contribution is -2.49. The molecule has 1 unspecified atom stereocenters. The molecule has 1 aliphatic heterocycles. The highest BCUT2D eigenvalue weighted by atomic mass is 19.1. The summed E-state index contributed by atoms with van der Waals surface area (Å²) in [6, 6.07) is 7.80. The molecule has 132 valence electrons. The van der Waals surface area contributed by atoms with Gasteiger partial charge in [-0.05, 0) is 23.8 Å². The standard InChI is InChI=1S/C19H17FN4O2/c20-13-3-1-12(2-4-13)17-11-24(8-7-22-17)19(26)15-10-23-16-5-6-21-9-14(16)18(15)25/h1-6,9-10,17,22H,7-8,11H2,(H,23,25). The van der Waals surface area contributed by atoms with Crippen molar-refractivity contribution in [2.24, 2.45) is 0 Å². The van der Waals surface area contributed by atoms with Crippen molar-refractivity contribution in [2.75, 3.05) is 19.6 Å². The van der Waals surface area contributed by atoms with Crippen molar-refractivity contribution in [3.63, 3.8) is 0 Å². The highest BCUT2D eigenvalue weighted by Crippen LogP contribution is 2.19. The summed E-state index contributed by atoms with van der Waals surface area (Å²) < 4.78 is 13.1. The maximum Gasteiger partial charge on any atom is 0.259 e. The van der Waals surface area contributed by atoms with Crippen LogP contribution in [0.5, 0.6) is 0 Å². The molecule has 1 saturated heterocycles. The lowest BCUT2D eigenvalue weighted by Gasteiger charge is -2.34. The van der Waals surface area contributed by atoms with E-state index in [0.29, 0.717) is 30.5 Å². The molecule has 2 aromatic heterocycles. The number of rotatable bonds is 2.